The number of rotatable bonds is 3. The number of hydrogen-bond donors (Lipinski definition) is 1. The smallest absolute Gasteiger partial charge is 0.224 e. The Labute approximate surface area is 114 Å². The molecule has 4 nitrogen and oxygen atoms in total. The fraction of sp³-hybridized carbons (Fsp3) is 0.733. The molecule has 0 aromatic rings. The molecule has 2 aliphatic carbocycles. The van der Waals surface area contributed by atoms with Gasteiger partial charge in [-0.1, -0.05) is 24.0 Å². The molecule has 0 spiro atoms. The molecule has 0 saturated heterocycles. The molecule has 0 radical (unpaired) electrons. The highest BCUT2D eigenvalue weighted by Gasteiger charge is 2.34. The van der Waals surface area contributed by atoms with Crippen LogP contribution in [0.2, 0.25) is 0 Å². The first-order valence-electron chi connectivity index (χ1n) is 7.15. The van der Waals surface area contributed by atoms with E-state index in [-0.39, 0.29) is 11.9 Å². The van der Waals surface area contributed by atoms with Crippen molar-refractivity contribution in [3.63, 3.8) is 0 Å². The average Bonchev–Trinajstić information content (AvgIpc) is 2.84. The van der Waals surface area contributed by atoms with Gasteiger partial charge in [-0.3, -0.25) is 4.79 Å². The molecular formula is C15H22NO3-. The van der Waals surface area contributed by atoms with Crippen molar-refractivity contribution in [3.8, 4) is 0 Å². The molecule has 0 unspecified atom stereocenters. The van der Waals surface area contributed by atoms with E-state index in [9.17, 15) is 14.7 Å². The lowest BCUT2D eigenvalue weighted by Gasteiger charge is -2.33. The zero-order valence-electron chi connectivity index (χ0n) is 11.7. The van der Waals surface area contributed by atoms with Crippen molar-refractivity contribution in [3.05, 3.63) is 11.1 Å². The molecule has 1 saturated carbocycles. The minimum absolute atomic E-state index is 0.104. The largest absolute Gasteiger partial charge is 0.550 e. The summed E-state index contributed by atoms with van der Waals surface area (Å²) >= 11 is 0. The first-order valence-corrected chi connectivity index (χ1v) is 7.15. The number of aliphatic carboxylic acids is 1. The van der Waals surface area contributed by atoms with Gasteiger partial charge in [-0.2, -0.15) is 0 Å². The minimum atomic E-state index is -1.10. The van der Waals surface area contributed by atoms with Gasteiger partial charge in [0, 0.05) is 23.8 Å². The Morgan fingerprint density at radius 3 is 2.11 bits per heavy atom. The Kier molecular flexibility index (Phi) is 4.27. The number of carbonyl (C=O) groups excluding carboxylic acids is 2. The zero-order valence-corrected chi connectivity index (χ0v) is 11.7. The van der Waals surface area contributed by atoms with Crippen LogP contribution in [0.4, 0.5) is 0 Å². The molecule has 2 atom stereocenters. The molecule has 1 amide bonds. The lowest BCUT2D eigenvalue weighted by atomic mass is 9.76. The standard InChI is InChI=1S/C15H23NO3/c1-9-7-12(13(15(18)19)8-10(9)2)14(17)16-11-5-3-4-6-11/h11-13H,3-8H2,1-2H3,(H,16,17)(H,18,19)/p-1/t12-,13-/m1/s1. The van der Waals surface area contributed by atoms with Crippen LogP contribution in [-0.2, 0) is 9.59 Å². The summed E-state index contributed by atoms with van der Waals surface area (Å²) in [5.41, 5.74) is 2.23. The second-order valence-electron chi connectivity index (χ2n) is 5.99. The van der Waals surface area contributed by atoms with Crippen molar-refractivity contribution in [1.82, 2.24) is 5.32 Å². The maximum atomic E-state index is 12.3. The molecule has 0 aromatic heterocycles. The Hall–Kier alpha value is -1.32. The topological polar surface area (TPSA) is 69.2 Å². The van der Waals surface area contributed by atoms with Crippen LogP contribution in [0.1, 0.15) is 52.4 Å². The van der Waals surface area contributed by atoms with Gasteiger partial charge >= 0.3 is 0 Å². The predicted molar refractivity (Wildman–Crippen MR) is 70.0 cm³/mol. The first-order chi connectivity index (χ1) is 8.99. The quantitative estimate of drug-likeness (QED) is 0.778. The van der Waals surface area contributed by atoms with Crippen LogP contribution in [0.5, 0.6) is 0 Å². The molecule has 1 N–H and O–H groups in total. The highest BCUT2D eigenvalue weighted by molar-refractivity contribution is 5.85. The number of carbonyl (C=O) groups is 2. The van der Waals surface area contributed by atoms with Gasteiger partial charge in [-0.25, -0.2) is 0 Å². The Morgan fingerprint density at radius 1 is 1.05 bits per heavy atom. The lowest BCUT2D eigenvalue weighted by Crippen LogP contribution is -2.46. The fourth-order valence-electron chi connectivity index (χ4n) is 3.19. The zero-order chi connectivity index (χ0) is 14.0. The molecule has 1 fully saturated rings. The van der Waals surface area contributed by atoms with Crippen molar-refractivity contribution in [2.45, 2.75) is 58.4 Å². The lowest BCUT2D eigenvalue weighted by molar-refractivity contribution is -0.313. The van der Waals surface area contributed by atoms with Gasteiger partial charge in [-0.15, -0.1) is 0 Å². The minimum Gasteiger partial charge on any atom is -0.550 e. The second-order valence-corrected chi connectivity index (χ2v) is 5.99. The number of hydrogen-bond acceptors (Lipinski definition) is 3. The fourth-order valence-corrected chi connectivity index (χ4v) is 3.19. The monoisotopic (exact) mass is 264 g/mol. The van der Waals surface area contributed by atoms with Crippen LogP contribution < -0.4 is 10.4 Å². The van der Waals surface area contributed by atoms with Crippen LogP contribution in [0.15, 0.2) is 11.1 Å². The van der Waals surface area contributed by atoms with Crippen molar-refractivity contribution in [2.24, 2.45) is 11.8 Å². The van der Waals surface area contributed by atoms with E-state index in [0.29, 0.717) is 12.8 Å². The molecule has 4 heteroatoms. The average molecular weight is 264 g/mol. The highest BCUT2D eigenvalue weighted by Crippen LogP contribution is 2.34. The van der Waals surface area contributed by atoms with Crippen LogP contribution in [0.25, 0.3) is 0 Å². The third kappa shape index (κ3) is 3.17. The summed E-state index contributed by atoms with van der Waals surface area (Å²) < 4.78 is 0. The number of allylic oxidation sites excluding steroid dienone is 2. The van der Waals surface area contributed by atoms with E-state index in [4.69, 9.17) is 0 Å². The van der Waals surface area contributed by atoms with E-state index in [1.54, 1.807) is 0 Å². The molecule has 0 aromatic carbocycles. The van der Waals surface area contributed by atoms with Gasteiger partial charge in [0.2, 0.25) is 5.91 Å². The molecule has 19 heavy (non-hydrogen) atoms. The van der Waals surface area contributed by atoms with Gasteiger partial charge in [0.25, 0.3) is 0 Å². The number of carboxylic acid groups (broad SMARTS) is 1. The summed E-state index contributed by atoms with van der Waals surface area (Å²) in [6.07, 6.45) is 5.32. The number of carboxylic acids is 1. The molecule has 0 heterocycles. The van der Waals surface area contributed by atoms with E-state index in [2.05, 4.69) is 5.32 Å². The van der Waals surface area contributed by atoms with Gasteiger partial charge in [0.15, 0.2) is 0 Å². The van der Waals surface area contributed by atoms with Crippen LogP contribution >= 0.6 is 0 Å². The summed E-state index contributed by atoms with van der Waals surface area (Å²) in [6, 6.07) is 0.238. The molecule has 106 valence electrons. The maximum Gasteiger partial charge on any atom is 0.224 e. The summed E-state index contributed by atoms with van der Waals surface area (Å²) in [5.74, 6) is -2.34. The number of amides is 1. The summed E-state index contributed by atoms with van der Waals surface area (Å²) in [7, 11) is 0. The molecule has 2 aliphatic rings. The van der Waals surface area contributed by atoms with Crippen molar-refractivity contribution in [2.75, 3.05) is 0 Å². The maximum absolute atomic E-state index is 12.3. The molecule has 0 aliphatic heterocycles. The third-order valence-corrected chi connectivity index (χ3v) is 4.61. The second kappa shape index (κ2) is 5.76. The van der Waals surface area contributed by atoms with Crippen LogP contribution in [0.3, 0.4) is 0 Å². The Balaban J connectivity index is 2.07. The Bertz CT molecular complexity index is 408. The summed E-state index contributed by atoms with van der Waals surface area (Å²) in [6.45, 7) is 3.92. The van der Waals surface area contributed by atoms with Gasteiger partial charge in [0.05, 0.1) is 0 Å². The first kappa shape index (κ1) is 14.1. The summed E-state index contributed by atoms with van der Waals surface area (Å²) in [4.78, 5) is 23.5. The predicted octanol–water partition coefficient (Wildman–Crippen LogP) is 1.16. The summed E-state index contributed by atoms with van der Waals surface area (Å²) in [5, 5.41) is 14.3. The van der Waals surface area contributed by atoms with Gasteiger partial charge in [-0.05, 0) is 39.5 Å². The molecule has 0 bridgehead atoms. The van der Waals surface area contributed by atoms with Crippen molar-refractivity contribution in [1.29, 1.82) is 0 Å². The normalized spacial score (nSPS) is 28.5. The third-order valence-electron chi connectivity index (χ3n) is 4.61. The van der Waals surface area contributed by atoms with Gasteiger partial charge in [0.1, 0.15) is 0 Å². The van der Waals surface area contributed by atoms with E-state index >= 15 is 0 Å². The number of nitrogens with one attached hydrogen (secondary N) is 1. The van der Waals surface area contributed by atoms with Crippen LogP contribution in [-0.4, -0.2) is 17.9 Å². The SMILES string of the molecule is CC1=C(C)C[C@@H](C(=O)NC2CCCC2)[C@H](C(=O)[O-])C1. The van der Waals surface area contributed by atoms with Gasteiger partial charge < -0.3 is 15.2 Å². The van der Waals surface area contributed by atoms with Crippen molar-refractivity contribution < 1.29 is 14.7 Å². The van der Waals surface area contributed by atoms with E-state index in [1.807, 2.05) is 13.8 Å². The van der Waals surface area contributed by atoms with E-state index < -0.39 is 17.8 Å². The molecule has 2 rings (SSSR count). The molecular weight excluding hydrogens is 242 g/mol. The van der Waals surface area contributed by atoms with Crippen molar-refractivity contribution >= 4 is 11.9 Å². The highest BCUT2D eigenvalue weighted by atomic mass is 16.4. The Morgan fingerprint density at radius 2 is 1.58 bits per heavy atom. The van der Waals surface area contributed by atoms with Crippen LogP contribution in [0, 0.1) is 11.8 Å². The van der Waals surface area contributed by atoms with E-state index in [0.717, 1.165) is 36.8 Å². The van der Waals surface area contributed by atoms with E-state index in [1.165, 1.54) is 0 Å².